The fraction of sp³-hybridized carbons (Fsp3) is 0.426. The van der Waals surface area contributed by atoms with E-state index in [4.69, 9.17) is 0 Å². The number of nitrogens with two attached hydrogens (primary N) is 1. The zero-order valence-corrected chi connectivity index (χ0v) is 37.2. The third-order valence-corrected chi connectivity index (χ3v) is 12.4. The molecule has 8 nitrogen and oxygen atoms in total. The summed E-state index contributed by atoms with van der Waals surface area (Å²) in [4.78, 5) is 33.6. The molecule has 2 aromatic carbocycles. The first-order valence-electron chi connectivity index (χ1n) is 20.4. The monoisotopic (exact) mass is 812 g/mol. The van der Waals surface area contributed by atoms with E-state index >= 15 is 0 Å². The average molecular weight is 813 g/mol. The van der Waals surface area contributed by atoms with E-state index in [0.717, 1.165) is 69.8 Å². The van der Waals surface area contributed by atoms with Crippen LogP contribution < -0.4 is 19.7 Å². The van der Waals surface area contributed by atoms with Gasteiger partial charge in [-0.3, -0.25) is 9.59 Å². The molecule has 3 rings (SSSR count). The lowest BCUT2D eigenvalue weighted by molar-refractivity contribution is -0.671. The summed E-state index contributed by atoms with van der Waals surface area (Å²) in [5.41, 5.74) is 7.09. The van der Waals surface area contributed by atoms with Crippen molar-refractivity contribution >= 4 is 63.0 Å². The predicted molar refractivity (Wildman–Crippen MR) is 248 cm³/mol. The van der Waals surface area contributed by atoms with E-state index in [1.165, 1.54) is 33.6 Å². The first-order chi connectivity index (χ1) is 27.6. The number of benzene rings is 2. The highest BCUT2D eigenvalue weighted by Crippen LogP contribution is 2.24. The van der Waals surface area contributed by atoms with Crippen LogP contribution in [0.3, 0.4) is 0 Å². The number of rotatable bonds is 26. The molecule has 0 radical (unpaired) electrons. The van der Waals surface area contributed by atoms with Crippen LogP contribution in [0.15, 0.2) is 103 Å². The molecule has 1 aromatic heterocycles. The number of hydrogen-bond donors (Lipinski definition) is 1. The Hall–Kier alpha value is -4.25. The number of aryl methyl sites for hydroxylation is 1. The Morgan fingerprint density at radius 1 is 0.614 bits per heavy atom. The van der Waals surface area contributed by atoms with Crippen LogP contribution in [0.25, 0.3) is 18.2 Å². The Morgan fingerprint density at radius 3 is 1.58 bits per heavy atom. The van der Waals surface area contributed by atoms with Crippen LogP contribution >= 0.6 is 21.6 Å². The van der Waals surface area contributed by atoms with E-state index in [1.54, 1.807) is 0 Å². The van der Waals surface area contributed by atoms with Crippen molar-refractivity contribution < 1.29 is 19.5 Å². The van der Waals surface area contributed by atoms with Crippen LogP contribution in [0, 0.1) is 0 Å². The van der Waals surface area contributed by atoms with Crippen LogP contribution in [0.4, 0.5) is 11.4 Å². The van der Waals surface area contributed by atoms with Gasteiger partial charge in [0.2, 0.25) is 11.8 Å². The van der Waals surface area contributed by atoms with Gasteiger partial charge in [0, 0.05) is 102 Å². The van der Waals surface area contributed by atoms with Gasteiger partial charge in [0.05, 0.1) is 13.2 Å². The molecule has 0 aliphatic carbocycles. The smallest absolute Gasteiger partial charge is 0.222 e. The summed E-state index contributed by atoms with van der Waals surface area (Å²) in [6.45, 7) is 5.43. The molecule has 57 heavy (non-hydrogen) atoms. The molecule has 0 aliphatic heterocycles. The van der Waals surface area contributed by atoms with Crippen molar-refractivity contribution in [3.05, 3.63) is 120 Å². The number of anilines is 2. The van der Waals surface area contributed by atoms with E-state index in [0.29, 0.717) is 12.8 Å². The van der Waals surface area contributed by atoms with E-state index in [-0.39, 0.29) is 11.8 Å². The van der Waals surface area contributed by atoms with E-state index in [2.05, 4.69) is 134 Å². The molecule has 2 N–H and O–H groups in total. The highest BCUT2D eigenvalue weighted by atomic mass is 33.1. The molecule has 3 aromatic rings. The standard InChI is InChI=1S/C47H67N6O2S2/c1-8-40(28-31-48-2)16-17-41-20-24-44(25-21-41)50(4)32-9-10-33-52(6)46(54)14-11-38-56-57-39-12-15-47(55)53(7)35-13-34-51(5)45-26-22-42(23-27-45)18-19-43-29-36-49(3)37-30-43/h8,16-31,36-37,48H,9-15,32-35,38-39H2,1-7H3/q+1/p+1. The van der Waals surface area contributed by atoms with Crippen LogP contribution in [0.1, 0.15) is 68.6 Å². The van der Waals surface area contributed by atoms with Gasteiger partial charge in [-0.2, -0.15) is 0 Å². The minimum Gasteiger partial charge on any atom is -0.375 e. The number of carbonyl (C=O) groups excluding carboxylic acids is 2. The highest BCUT2D eigenvalue weighted by Gasteiger charge is 2.11. The van der Waals surface area contributed by atoms with Gasteiger partial charge in [0.1, 0.15) is 7.05 Å². The molecule has 0 aliphatic rings. The number of nitrogens with zero attached hydrogens (tertiary/aromatic N) is 5. The van der Waals surface area contributed by atoms with E-state index in [1.807, 2.05) is 81.9 Å². The maximum Gasteiger partial charge on any atom is 0.222 e. The number of carbonyl (C=O) groups is 2. The molecule has 1 heterocycles. The predicted octanol–water partition coefficient (Wildman–Crippen LogP) is 7.95. The van der Waals surface area contributed by atoms with Crippen molar-refractivity contribution in [1.82, 2.24) is 9.80 Å². The molecule has 2 amide bonds. The second-order valence-corrected chi connectivity index (χ2v) is 17.2. The van der Waals surface area contributed by atoms with Gasteiger partial charge < -0.3 is 24.9 Å². The minimum absolute atomic E-state index is 0.211. The van der Waals surface area contributed by atoms with Gasteiger partial charge in [-0.25, -0.2) is 4.57 Å². The van der Waals surface area contributed by atoms with Crippen LogP contribution in [-0.2, 0) is 16.6 Å². The van der Waals surface area contributed by atoms with E-state index in [9.17, 15) is 9.59 Å². The van der Waals surface area contributed by atoms with Gasteiger partial charge in [0.25, 0.3) is 0 Å². The molecule has 0 bridgehead atoms. The molecule has 0 unspecified atom stereocenters. The van der Waals surface area contributed by atoms with Crippen molar-refractivity contribution in [2.24, 2.45) is 7.05 Å². The van der Waals surface area contributed by atoms with Crippen LogP contribution in [0.5, 0.6) is 0 Å². The molecule has 0 saturated carbocycles. The number of amides is 2. The minimum atomic E-state index is 0.211. The Bertz CT molecular complexity index is 1720. The number of hydrogen-bond acceptors (Lipinski definition) is 6. The van der Waals surface area contributed by atoms with Gasteiger partial charge in [0.15, 0.2) is 12.4 Å². The van der Waals surface area contributed by atoms with E-state index < -0.39 is 0 Å². The quantitative estimate of drug-likeness (QED) is 0.0385. The zero-order chi connectivity index (χ0) is 41.3. The van der Waals surface area contributed by atoms with Gasteiger partial charge in [-0.05, 0) is 91.6 Å². The first kappa shape index (κ1) is 47.1. The fourth-order valence-electron chi connectivity index (χ4n) is 5.96. The summed E-state index contributed by atoms with van der Waals surface area (Å²) in [6.07, 6.45) is 24.8. The fourth-order valence-corrected chi connectivity index (χ4v) is 8.13. The molecule has 308 valence electrons. The van der Waals surface area contributed by atoms with Gasteiger partial charge >= 0.3 is 0 Å². The topological polar surface area (TPSA) is 67.6 Å². The third kappa shape index (κ3) is 19.2. The van der Waals surface area contributed by atoms with Crippen molar-refractivity contribution in [1.29, 1.82) is 0 Å². The van der Waals surface area contributed by atoms with Gasteiger partial charge in [-0.1, -0.05) is 76.2 Å². The number of aromatic nitrogens is 1. The third-order valence-electron chi connectivity index (χ3n) is 9.82. The molecule has 0 atom stereocenters. The molecular weight excluding hydrogens is 745 g/mol. The number of allylic oxidation sites excluding steroid dienone is 4. The normalized spacial score (nSPS) is 11.9. The molecule has 0 spiro atoms. The number of pyridine rings is 1. The maximum absolute atomic E-state index is 12.7. The molecular formula is C47H68N6O2S2+2. The summed E-state index contributed by atoms with van der Waals surface area (Å²) < 4.78 is 2.03. The Kier molecular flexibility index (Phi) is 22.7. The van der Waals surface area contributed by atoms with Crippen LogP contribution in [-0.4, -0.2) is 94.5 Å². The zero-order valence-electron chi connectivity index (χ0n) is 35.6. The number of quaternary nitrogens is 1. The van der Waals surface area contributed by atoms with Crippen molar-refractivity contribution in [2.75, 3.05) is 82.7 Å². The molecule has 0 saturated heterocycles. The second kappa shape index (κ2) is 27.4. The highest BCUT2D eigenvalue weighted by molar-refractivity contribution is 8.76. The van der Waals surface area contributed by atoms with Crippen molar-refractivity contribution in [3.63, 3.8) is 0 Å². The summed E-state index contributed by atoms with van der Waals surface area (Å²) >= 11 is 0. The van der Waals surface area contributed by atoms with Crippen LogP contribution in [0.2, 0.25) is 0 Å². The summed E-state index contributed by atoms with van der Waals surface area (Å²) in [5, 5.41) is 2.03. The van der Waals surface area contributed by atoms with Crippen molar-refractivity contribution in [3.8, 4) is 0 Å². The SMILES string of the molecule is CC=C(C=C[NH2+]C)C=Cc1ccc(N(C)CCCCN(C)C(=O)CCCSSCCCC(=O)N(C)CCCN(C)c2ccc(C=Cc3cc[n+](C)cc3)cc2)cc1. The molecule has 0 fully saturated rings. The van der Waals surface area contributed by atoms with Gasteiger partial charge in [-0.15, -0.1) is 0 Å². The Labute approximate surface area is 352 Å². The largest absolute Gasteiger partial charge is 0.375 e. The lowest BCUT2D eigenvalue weighted by Gasteiger charge is -2.22. The molecule has 10 heteroatoms. The lowest BCUT2D eigenvalue weighted by Crippen LogP contribution is -2.72. The summed E-state index contributed by atoms with van der Waals surface area (Å²) in [5.74, 6) is 2.32. The van der Waals surface area contributed by atoms with Crippen molar-refractivity contribution in [2.45, 2.75) is 51.9 Å². The Balaban J connectivity index is 1.17. The first-order valence-corrected chi connectivity index (χ1v) is 22.9. The lowest BCUT2D eigenvalue weighted by atomic mass is 10.1. The maximum atomic E-state index is 12.7. The average Bonchev–Trinajstić information content (AvgIpc) is 3.23. The Morgan fingerprint density at radius 2 is 1.07 bits per heavy atom. The summed E-state index contributed by atoms with van der Waals surface area (Å²) in [6, 6.07) is 21.5. The second-order valence-electron chi connectivity index (χ2n) is 14.5. The summed E-state index contributed by atoms with van der Waals surface area (Å²) in [7, 11) is 15.7. The number of unbranched alkanes of at least 4 members (excludes halogenated alkanes) is 1.